The number of nitrogen functional groups attached to an aromatic ring is 1. The number of anilines is 1. The summed E-state index contributed by atoms with van der Waals surface area (Å²) in [6.45, 7) is 5.35. The molecule has 0 aliphatic rings. The fourth-order valence-corrected chi connectivity index (χ4v) is 2.43. The van der Waals surface area contributed by atoms with Crippen molar-refractivity contribution >= 4 is 16.3 Å². The molecule has 0 saturated heterocycles. The van der Waals surface area contributed by atoms with E-state index < -0.39 is 0 Å². The van der Waals surface area contributed by atoms with E-state index in [1.807, 2.05) is 13.0 Å². The minimum absolute atomic E-state index is 0.495. The van der Waals surface area contributed by atoms with Gasteiger partial charge in [0.1, 0.15) is 0 Å². The molecule has 0 aliphatic heterocycles. The van der Waals surface area contributed by atoms with E-state index in [0.29, 0.717) is 31.3 Å². The Bertz CT molecular complexity index is 507. The van der Waals surface area contributed by atoms with Crippen LogP contribution < -0.4 is 5.73 Å². The quantitative estimate of drug-likeness (QED) is 0.814. The number of aryl methyl sites for hydroxylation is 1. The molecule has 6 heteroatoms. The molecule has 2 heterocycles. The maximum Gasteiger partial charge on any atom is 0.260 e. The molecule has 0 radical (unpaired) electrons. The molecule has 0 amide bonds. The maximum atomic E-state index is 5.95. The molecule has 0 saturated carbocycles. The minimum atomic E-state index is 0.495. The summed E-state index contributed by atoms with van der Waals surface area (Å²) >= 11 is 1.57. The number of nitrogens with zero attached hydrogens (tertiary/aromatic N) is 2. The molecule has 0 aromatic carbocycles. The number of aromatic nitrogens is 2. The van der Waals surface area contributed by atoms with Crippen LogP contribution in [0.1, 0.15) is 24.5 Å². The van der Waals surface area contributed by atoms with Crippen molar-refractivity contribution in [2.75, 3.05) is 18.9 Å². The Labute approximate surface area is 110 Å². The SMILES string of the molecule is CCOCCc1noc(-c2cc(CC)sc2N)n1. The second-order valence-corrected chi connectivity index (χ2v) is 4.98. The van der Waals surface area contributed by atoms with Gasteiger partial charge in [-0.2, -0.15) is 4.98 Å². The molecular formula is C12H17N3O2S. The molecule has 2 aromatic heterocycles. The first-order valence-electron chi connectivity index (χ1n) is 6.03. The molecule has 0 bridgehead atoms. The summed E-state index contributed by atoms with van der Waals surface area (Å²) in [5.41, 5.74) is 6.79. The Morgan fingerprint density at radius 2 is 2.28 bits per heavy atom. The van der Waals surface area contributed by atoms with Gasteiger partial charge in [0.2, 0.25) is 0 Å². The van der Waals surface area contributed by atoms with Crippen LogP contribution in [0.3, 0.4) is 0 Å². The van der Waals surface area contributed by atoms with E-state index in [-0.39, 0.29) is 0 Å². The predicted octanol–water partition coefficient (Wildman–Crippen LogP) is 2.52. The molecule has 0 atom stereocenters. The highest BCUT2D eigenvalue weighted by atomic mass is 32.1. The largest absolute Gasteiger partial charge is 0.390 e. The van der Waals surface area contributed by atoms with Crippen molar-refractivity contribution in [2.24, 2.45) is 0 Å². The van der Waals surface area contributed by atoms with Gasteiger partial charge in [-0.3, -0.25) is 0 Å². The lowest BCUT2D eigenvalue weighted by molar-refractivity contribution is 0.149. The van der Waals surface area contributed by atoms with Crippen molar-refractivity contribution in [3.63, 3.8) is 0 Å². The van der Waals surface area contributed by atoms with Crippen molar-refractivity contribution in [3.05, 3.63) is 16.8 Å². The molecule has 0 aliphatic carbocycles. The van der Waals surface area contributed by atoms with Gasteiger partial charge in [-0.05, 0) is 19.4 Å². The molecule has 18 heavy (non-hydrogen) atoms. The normalized spacial score (nSPS) is 11.0. The molecule has 0 spiro atoms. The summed E-state index contributed by atoms with van der Waals surface area (Å²) in [6, 6.07) is 2.01. The number of nitrogens with two attached hydrogens (primary N) is 1. The third-order valence-corrected chi connectivity index (χ3v) is 3.64. The van der Waals surface area contributed by atoms with Crippen LogP contribution in [0.15, 0.2) is 10.6 Å². The summed E-state index contributed by atoms with van der Waals surface area (Å²) in [6.07, 6.45) is 1.61. The van der Waals surface area contributed by atoms with Crippen LogP contribution in [-0.4, -0.2) is 23.4 Å². The summed E-state index contributed by atoms with van der Waals surface area (Å²) in [5, 5.41) is 4.65. The fraction of sp³-hybridized carbons (Fsp3) is 0.500. The predicted molar refractivity (Wildman–Crippen MR) is 71.6 cm³/mol. The molecule has 0 unspecified atom stereocenters. The van der Waals surface area contributed by atoms with Crippen LogP contribution in [0.2, 0.25) is 0 Å². The van der Waals surface area contributed by atoms with E-state index in [1.165, 1.54) is 4.88 Å². The Morgan fingerprint density at radius 1 is 1.44 bits per heavy atom. The third-order valence-electron chi connectivity index (χ3n) is 2.53. The van der Waals surface area contributed by atoms with Crippen molar-refractivity contribution in [1.29, 1.82) is 0 Å². The molecule has 0 fully saturated rings. The Hall–Kier alpha value is -1.40. The lowest BCUT2D eigenvalue weighted by Crippen LogP contribution is -1.99. The van der Waals surface area contributed by atoms with E-state index in [9.17, 15) is 0 Å². The topological polar surface area (TPSA) is 74.2 Å². The van der Waals surface area contributed by atoms with Gasteiger partial charge in [0.05, 0.1) is 17.2 Å². The summed E-state index contributed by atoms with van der Waals surface area (Å²) in [4.78, 5) is 5.55. The van der Waals surface area contributed by atoms with Crippen LogP contribution in [0.4, 0.5) is 5.00 Å². The zero-order valence-electron chi connectivity index (χ0n) is 10.6. The molecular weight excluding hydrogens is 250 g/mol. The number of rotatable bonds is 6. The number of thiophene rings is 1. The third kappa shape index (κ3) is 2.88. The average molecular weight is 267 g/mol. The Kier molecular flexibility index (Phi) is 4.33. The zero-order valence-corrected chi connectivity index (χ0v) is 11.4. The second-order valence-electron chi connectivity index (χ2n) is 3.81. The average Bonchev–Trinajstić information content (AvgIpc) is 2.96. The van der Waals surface area contributed by atoms with Crippen LogP contribution in [-0.2, 0) is 17.6 Å². The number of hydrogen-bond donors (Lipinski definition) is 1. The number of hydrogen-bond acceptors (Lipinski definition) is 6. The number of ether oxygens (including phenoxy) is 1. The first-order valence-corrected chi connectivity index (χ1v) is 6.85. The maximum absolute atomic E-state index is 5.95. The van der Waals surface area contributed by atoms with Gasteiger partial charge in [-0.15, -0.1) is 11.3 Å². The second kappa shape index (κ2) is 5.97. The van der Waals surface area contributed by atoms with E-state index in [0.717, 1.165) is 17.0 Å². The minimum Gasteiger partial charge on any atom is -0.390 e. The highest BCUT2D eigenvalue weighted by Gasteiger charge is 2.14. The summed E-state index contributed by atoms with van der Waals surface area (Å²) in [5.74, 6) is 1.15. The lowest BCUT2D eigenvalue weighted by Gasteiger charge is -1.94. The van der Waals surface area contributed by atoms with E-state index in [4.69, 9.17) is 15.0 Å². The highest BCUT2D eigenvalue weighted by molar-refractivity contribution is 7.16. The molecule has 2 rings (SSSR count). The standard InChI is InChI=1S/C12H17N3O2S/c1-3-8-7-9(11(13)18-8)12-14-10(15-17-12)5-6-16-4-2/h7H,3-6,13H2,1-2H3. The first kappa shape index (κ1) is 13.0. The fourth-order valence-electron chi connectivity index (χ4n) is 1.57. The summed E-state index contributed by atoms with van der Waals surface area (Å²) < 4.78 is 10.5. The van der Waals surface area contributed by atoms with E-state index in [1.54, 1.807) is 11.3 Å². The van der Waals surface area contributed by atoms with Gasteiger partial charge in [0.15, 0.2) is 5.82 Å². The van der Waals surface area contributed by atoms with Gasteiger partial charge in [0, 0.05) is 17.9 Å². The van der Waals surface area contributed by atoms with Gasteiger partial charge in [-0.25, -0.2) is 0 Å². The van der Waals surface area contributed by atoms with Crippen molar-refractivity contribution in [3.8, 4) is 11.5 Å². The summed E-state index contributed by atoms with van der Waals surface area (Å²) in [7, 11) is 0. The van der Waals surface area contributed by atoms with Crippen LogP contribution in [0.5, 0.6) is 0 Å². The van der Waals surface area contributed by atoms with Gasteiger partial charge < -0.3 is 15.0 Å². The smallest absolute Gasteiger partial charge is 0.260 e. The molecule has 2 N–H and O–H groups in total. The highest BCUT2D eigenvalue weighted by Crippen LogP contribution is 2.33. The van der Waals surface area contributed by atoms with E-state index >= 15 is 0 Å². The van der Waals surface area contributed by atoms with Crippen molar-refractivity contribution in [1.82, 2.24) is 10.1 Å². The van der Waals surface area contributed by atoms with Crippen molar-refractivity contribution < 1.29 is 9.26 Å². The molecule has 98 valence electrons. The zero-order chi connectivity index (χ0) is 13.0. The van der Waals surface area contributed by atoms with Crippen LogP contribution in [0, 0.1) is 0 Å². The van der Waals surface area contributed by atoms with Crippen molar-refractivity contribution in [2.45, 2.75) is 26.7 Å². The lowest BCUT2D eigenvalue weighted by atomic mass is 10.2. The van der Waals surface area contributed by atoms with Gasteiger partial charge in [-0.1, -0.05) is 12.1 Å². The Balaban J connectivity index is 2.11. The van der Waals surface area contributed by atoms with Crippen LogP contribution >= 0.6 is 11.3 Å². The monoisotopic (exact) mass is 267 g/mol. The molecule has 5 nitrogen and oxygen atoms in total. The van der Waals surface area contributed by atoms with Gasteiger partial charge >= 0.3 is 0 Å². The first-order chi connectivity index (χ1) is 8.74. The van der Waals surface area contributed by atoms with Crippen LogP contribution in [0.25, 0.3) is 11.5 Å². The van der Waals surface area contributed by atoms with Gasteiger partial charge in [0.25, 0.3) is 5.89 Å². The van der Waals surface area contributed by atoms with E-state index in [2.05, 4.69) is 17.1 Å². The molecule has 2 aromatic rings. The Morgan fingerprint density at radius 3 is 2.94 bits per heavy atom.